The predicted octanol–water partition coefficient (Wildman–Crippen LogP) is 4.10. The minimum absolute atomic E-state index is 0.134. The molecule has 1 aromatic carbocycles. The van der Waals surface area contributed by atoms with Gasteiger partial charge < -0.3 is 0 Å². The molecule has 19 heavy (non-hydrogen) atoms. The highest BCUT2D eigenvalue weighted by Crippen LogP contribution is 2.16. The molecule has 1 rings (SSSR count). The van der Waals surface area contributed by atoms with Gasteiger partial charge in [-0.25, -0.2) is 4.39 Å². The molecule has 0 radical (unpaired) electrons. The smallest absolute Gasteiger partial charge is 0.145 e. The van der Waals surface area contributed by atoms with E-state index in [9.17, 15) is 4.39 Å². The molecule has 0 atom stereocenters. The molecule has 0 aliphatic rings. The molecule has 0 aromatic heterocycles. The molecule has 0 saturated carbocycles. The average Bonchev–Trinajstić information content (AvgIpc) is 2.39. The van der Waals surface area contributed by atoms with Crippen molar-refractivity contribution in [3.8, 4) is 6.07 Å². The van der Waals surface area contributed by atoms with Gasteiger partial charge in [0.1, 0.15) is 11.9 Å². The molecule has 0 spiro atoms. The summed E-state index contributed by atoms with van der Waals surface area (Å²) in [4.78, 5) is 2.26. The monoisotopic (exact) mass is 262 g/mol. The lowest BCUT2D eigenvalue weighted by atomic mass is 10.1. The van der Waals surface area contributed by atoms with E-state index in [0.29, 0.717) is 18.2 Å². The van der Waals surface area contributed by atoms with Crippen LogP contribution in [0.4, 0.5) is 4.39 Å². The van der Waals surface area contributed by atoms with Gasteiger partial charge in [0.05, 0.1) is 5.56 Å². The van der Waals surface area contributed by atoms with E-state index in [1.165, 1.54) is 18.9 Å². The van der Waals surface area contributed by atoms with Gasteiger partial charge in [0, 0.05) is 18.2 Å². The van der Waals surface area contributed by atoms with Crippen LogP contribution in [0.1, 0.15) is 51.2 Å². The van der Waals surface area contributed by atoms with E-state index in [2.05, 4.69) is 25.7 Å². The highest BCUT2D eigenvalue weighted by atomic mass is 19.1. The quantitative estimate of drug-likeness (QED) is 0.692. The molecule has 0 bridgehead atoms. The van der Waals surface area contributed by atoms with E-state index in [-0.39, 0.29) is 11.4 Å². The second-order valence-electron chi connectivity index (χ2n) is 5.16. The molecule has 2 nitrogen and oxygen atoms in total. The summed E-state index contributed by atoms with van der Waals surface area (Å²) in [7, 11) is 0. The predicted molar refractivity (Wildman–Crippen MR) is 76.2 cm³/mol. The van der Waals surface area contributed by atoms with Crippen molar-refractivity contribution in [2.75, 3.05) is 6.54 Å². The number of halogens is 1. The molecule has 0 unspecified atom stereocenters. The minimum atomic E-state index is -0.369. The molecule has 0 fully saturated rings. The molecule has 1 aromatic rings. The van der Waals surface area contributed by atoms with Crippen molar-refractivity contribution in [2.45, 2.75) is 52.6 Å². The van der Waals surface area contributed by atoms with Crippen LogP contribution in [0.15, 0.2) is 18.2 Å². The lowest BCUT2D eigenvalue weighted by Gasteiger charge is -2.26. The highest BCUT2D eigenvalue weighted by molar-refractivity contribution is 5.34. The van der Waals surface area contributed by atoms with E-state index in [1.54, 1.807) is 12.1 Å². The summed E-state index contributed by atoms with van der Waals surface area (Å²) in [6, 6.07) is 7.32. The summed E-state index contributed by atoms with van der Waals surface area (Å²) in [5, 5.41) is 8.86. The van der Waals surface area contributed by atoms with Crippen LogP contribution in [-0.4, -0.2) is 17.5 Å². The average molecular weight is 262 g/mol. The van der Waals surface area contributed by atoms with Crippen molar-refractivity contribution < 1.29 is 4.39 Å². The Kier molecular flexibility index (Phi) is 6.52. The number of nitriles is 1. The van der Waals surface area contributed by atoms with Gasteiger partial charge in [0.2, 0.25) is 0 Å². The van der Waals surface area contributed by atoms with Gasteiger partial charge in [-0.3, -0.25) is 4.90 Å². The van der Waals surface area contributed by atoms with Crippen LogP contribution in [0.3, 0.4) is 0 Å². The Morgan fingerprint density at radius 3 is 2.63 bits per heavy atom. The normalized spacial score (nSPS) is 11.0. The summed E-state index contributed by atoms with van der Waals surface area (Å²) < 4.78 is 14.0. The Morgan fingerprint density at radius 2 is 2.05 bits per heavy atom. The highest BCUT2D eigenvalue weighted by Gasteiger charge is 2.14. The van der Waals surface area contributed by atoms with Crippen LogP contribution >= 0.6 is 0 Å². The van der Waals surface area contributed by atoms with E-state index >= 15 is 0 Å². The largest absolute Gasteiger partial charge is 0.297 e. The molecule has 0 aliphatic carbocycles. The first-order chi connectivity index (χ1) is 9.10. The summed E-state index contributed by atoms with van der Waals surface area (Å²) in [6.07, 6.45) is 3.52. The zero-order chi connectivity index (χ0) is 14.3. The van der Waals surface area contributed by atoms with E-state index in [4.69, 9.17) is 5.26 Å². The first-order valence-electron chi connectivity index (χ1n) is 7.01. The van der Waals surface area contributed by atoms with E-state index in [0.717, 1.165) is 13.0 Å². The summed E-state index contributed by atoms with van der Waals surface area (Å²) in [6.45, 7) is 7.97. The Hall–Kier alpha value is -1.40. The van der Waals surface area contributed by atoms with Crippen molar-refractivity contribution >= 4 is 0 Å². The van der Waals surface area contributed by atoms with Gasteiger partial charge in [-0.05, 0) is 32.9 Å². The zero-order valence-corrected chi connectivity index (χ0v) is 12.1. The maximum atomic E-state index is 14.0. The number of benzene rings is 1. The Labute approximate surface area is 115 Å². The third-order valence-electron chi connectivity index (χ3n) is 3.35. The third-order valence-corrected chi connectivity index (χ3v) is 3.35. The molecule has 104 valence electrons. The molecular weight excluding hydrogens is 239 g/mol. The van der Waals surface area contributed by atoms with Crippen molar-refractivity contribution in [2.24, 2.45) is 0 Å². The van der Waals surface area contributed by atoms with E-state index in [1.807, 2.05) is 6.07 Å². The van der Waals surface area contributed by atoms with Gasteiger partial charge >= 0.3 is 0 Å². The van der Waals surface area contributed by atoms with Crippen LogP contribution in [0, 0.1) is 17.1 Å². The van der Waals surface area contributed by atoms with E-state index < -0.39 is 0 Å². The molecular formula is C16H23FN2. The topological polar surface area (TPSA) is 27.0 Å². The van der Waals surface area contributed by atoms with Crippen LogP contribution in [0.2, 0.25) is 0 Å². The number of hydrogen-bond acceptors (Lipinski definition) is 2. The minimum Gasteiger partial charge on any atom is -0.297 e. The fraction of sp³-hybridized carbons (Fsp3) is 0.562. The standard InChI is InChI=1S/C16H23FN2/c1-4-5-6-10-19(13(2)3)12-15-9-7-8-14(11-18)16(15)17/h7-9,13H,4-6,10,12H2,1-3H3. The zero-order valence-electron chi connectivity index (χ0n) is 12.1. The fourth-order valence-corrected chi connectivity index (χ4v) is 2.09. The lowest BCUT2D eigenvalue weighted by molar-refractivity contribution is 0.206. The van der Waals surface area contributed by atoms with Gasteiger partial charge in [-0.15, -0.1) is 0 Å². The first kappa shape index (κ1) is 15.7. The van der Waals surface area contributed by atoms with Gasteiger partial charge in [0.15, 0.2) is 0 Å². The Balaban J connectivity index is 2.77. The summed E-state index contributed by atoms with van der Waals surface area (Å²) in [5.74, 6) is -0.369. The SMILES string of the molecule is CCCCCN(Cc1cccc(C#N)c1F)C(C)C. The Bertz CT molecular complexity index is 435. The summed E-state index contributed by atoms with van der Waals surface area (Å²) >= 11 is 0. The second-order valence-corrected chi connectivity index (χ2v) is 5.16. The maximum Gasteiger partial charge on any atom is 0.145 e. The maximum absolute atomic E-state index is 14.0. The fourth-order valence-electron chi connectivity index (χ4n) is 2.09. The van der Waals surface area contributed by atoms with Crippen LogP contribution in [0.5, 0.6) is 0 Å². The van der Waals surface area contributed by atoms with Gasteiger partial charge in [-0.1, -0.05) is 31.9 Å². The molecule has 3 heteroatoms. The van der Waals surface area contributed by atoms with Gasteiger partial charge in [-0.2, -0.15) is 5.26 Å². The van der Waals surface area contributed by atoms with Crippen LogP contribution < -0.4 is 0 Å². The van der Waals surface area contributed by atoms with Crippen molar-refractivity contribution in [1.29, 1.82) is 5.26 Å². The van der Waals surface area contributed by atoms with Crippen molar-refractivity contribution in [3.63, 3.8) is 0 Å². The van der Waals surface area contributed by atoms with Crippen molar-refractivity contribution in [1.82, 2.24) is 4.90 Å². The third kappa shape index (κ3) is 4.65. The number of rotatable bonds is 7. The first-order valence-corrected chi connectivity index (χ1v) is 7.01. The second kappa shape index (κ2) is 7.91. The summed E-state index contributed by atoms with van der Waals surface area (Å²) in [5.41, 5.74) is 0.749. The molecule has 0 heterocycles. The Morgan fingerprint density at radius 1 is 1.32 bits per heavy atom. The van der Waals surface area contributed by atoms with Crippen LogP contribution in [-0.2, 0) is 6.54 Å². The van der Waals surface area contributed by atoms with Crippen LogP contribution in [0.25, 0.3) is 0 Å². The van der Waals surface area contributed by atoms with Gasteiger partial charge in [0.25, 0.3) is 0 Å². The molecule has 0 amide bonds. The van der Waals surface area contributed by atoms with Crippen molar-refractivity contribution in [3.05, 3.63) is 35.1 Å². The molecule has 0 saturated heterocycles. The molecule has 0 N–H and O–H groups in total. The number of hydrogen-bond donors (Lipinski definition) is 0. The molecule has 0 aliphatic heterocycles. The lowest BCUT2D eigenvalue weighted by Crippen LogP contribution is -2.31. The number of nitrogens with zero attached hydrogens (tertiary/aromatic N) is 2. The number of unbranched alkanes of at least 4 members (excludes halogenated alkanes) is 2.